The second-order valence-corrected chi connectivity index (χ2v) is 15.5. The van der Waals surface area contributed by atoms with Crippen LogP contribution in [0.15, 0.2) is 166 Å². The summed E-state index contributed by atoms with van der Waals surface area (Å²) in [5.74, 6) is 0. The highest BCUT2D eigenvalue weighted by Crippen LogP contribution is 2.33. The Kier molecular flexibility index (Phi) is 6.66. The van der Waals surface area contributed by atoms with Gasteiger partial charge in [-0.05, 0) is 72.8 Å². The fourth-order valence-corrected chi connectivity index (χ4v) is 8.80. The molecule has 0 bridgehead atoms. The molecule has 5 aromatic heterocycles. The van der Waals surface area contributed by atoms with Gasteiger partial charge in [-0.3, -0.25) is 9.97 Å². The molecule has 242 valence electrons. The smallest absolute Gasteiger partial charge is 0.225 e. The Labute approximate surface area is 285 Å². The van der Waals surface area contributed by atoms with Gasteiger partial charge in [0.05, 0.1) is 56.6 Å². The van der Waals surface area contributed by atoms with Crippen LogP contribution in [0.25, 0.3) is 55.0 Å². The Balaban J connectivity index is 1.01. The molecule has 0 radical (unpaired) electrons. The Morgan fingerprint density at radius 3 is 1.18 bits per heavy atom. The van der Waals surface area contributed by atoms with Gasteiger partial charge in [0.25, 0.3) is 0 Å². The van der Waals surface area contributed by atoms with Crippen molar-refractivity contribution in [2.45, 2.75) is 19.8 Å². The van der Waals surface area contributed by atoms with Gasteiger partial charge in [-0.1, -0.05) is 36.4 Å². The number of nitrogens with zero attached hydrogens (tertiary/aromatic N) is 6. The van der Waals surface area contributed by atoms with E-state index in [1.54, 1.807) is 49.1 Å². The number of hydrogen-bond acceptors (Lipinski definition) is 8. The van der Waals surface area contributed by atoms with Crippen LogP contribution in [-0.4, -0.2) is 45.9 Å². The summed E-state index contributed by atoms with van der Waals surface area (Å²) in [6.07, 6.45) is 9.01. The van der Waals surface area contributed by atoms with Crippen molar-refractivity contribution in [3.8, 4) is 11.4 Å². The van der Waals surface area contributed by atoms with Crippen LogP contribution in [0.3, 0.4) is 0 Å². The number of sulfone groups is 2. The molecule has 0 aliphatic rings. The molecule has 4 aromatic carbocycles. The minimum absolute atomic E-state index is 0.000831. The molecule has 9 rings (SSSR count). The van der Waals surface area contributed by atoms with Gasteiger partial charge in [0.2, 0.25) is 19.7 Å². The number of hydrogen-bond donors (Lipinski definition) is 0. The summed E-state index contributed by atoms with van der Waals surface area (Å²) in [5, 5.41) is 3.47. The molecule has 50 heavy (non-hydrogen) atoms. The van der Waals surface area contributed by atoms with E-state index in [0.717, 1.165) is 67.4 Å². The zero-order chi connectivity index (χ0) is 34.0. The van der Waals surface area contributed by atoms with E-state index in [1.165, 1.54) is 24.3 Å². The van der Waals surface area contributed by atoms with Crippen LogP contribution in [0.2, 0.25) is 0 Å². The van der Waals surface area contributed by atoms with Crippen LogP contribution in [0.4, 0.5) is 0 Å². The molecule has 0 fully saturated rings. The normalized spacial score (nSPS) is 12.3. The van der Waals surface area contributed by atoms with Gasteiger partial charge in [-0.15, -0.1) is 0 Å². The number of benzene rings is 4. The predicted octanol–water partition coefficient (Wildman–Crippen LogP) is 7.13. The molecule has 0 saturated carbocycles. The van der Waals surface area contributed by atoms with Crippen molar-refractivity contribution in [3.63, 3.8) is 0 Å². The minimum Gasteiger partial charge on any atom is -0.308 e. The molecule has 0 aliphatic carbocycles. The molecule has 5 heterocycles. The van der Waals surface area contributed by atoms with E-state index in [1.807, 2.05) is 69.8 Å². The summed E-state index contributed by atoms with van der Waals surface area (Å²) in [6.45, 7) is 0. The average molecular weight is 693 g/mol. The Hall–Kier alpha value is -6.24. The second kappa shape index (κ2) is 11.2. The van der Waals surface area contributed by atoms with E-state index in [0.29, 0.717) is 0 Å². The summed E-state index contributed by atoms with van der Waals surface area (Å²) in [5.41, 5.74) is 5.24. The first kappa shape index (κ1) is 29.9. The topological polar surface area (TPSA) is 130 Å². The van der Waals surface area contributed by atoms with Crippen LogP contribution in [-0.2, 0) is 19.7 Å². The lowest BCUT2D eigenvalue weighted by atomic mass is 10.2. The highest BCUT2D eigenvalue weighted by Gasteiger charge is 2.25. The van der Waals surface area contributed by atoms with Crippen LogP contribution >= 0.6 is 0 Å². The third-order valence-corrected chi connectivity index (χ3v) is 12.2. The summed E-state index contributed by atoms with van der Waals surface area (Å²) in [6, 6.07) is 32.7. The van der Waals surface area contributed by atoms with E-state index in [4.69, 9.17) is 0 Å². The molecule has 0 saturated heterocycles. The van der Waals surface area contributed by atoms with Crippen molar-refractivity contribution < 1.29 is 16.8 Å². The molecule has 0 amide bonds. The zero-order valence-corrected chi connectivity index (χ0v) is 27.6. The standard InChI is InChI=1S/C38H24N6O4S2/c45-49(46,27-13-9-25(10-14-27)43-33-7-3-1-5-29(33)31-17-19-39-21-35(31)43)37-23-42-38(24-41-37)50(47,48)28-15-11-26(12-16-28)44-34-8-4-2-6-30(34)32-18-20-40-22-36(32)44/h1-24H. The van der Waals surface area contributed by atoms with Crippen LogP contribution in [0.5, 0.6) is 0 Å². The maximum absolute atomic E-state index is 13.5. The highest BCUT2D eigenvalue weighted by molar-refractivity contribution is 7.91. The largest absolute Gasteiger partial charge is 0.308 e. The van der Waals surface area contributed by atoms with Gasteiger partial charge < -0.3 is 9.13 Å². The maximum atomic E-state index is 13.5. The quantitative estimate of drug-likeness (QED) is 0.180. The number of rotatable bonds is 6. The van der Waals surface area contributed by atoms with Crippen molar-refractivity contribution in [2.75, 3.05) is 0 Å². The van der Waals surface area contributed by atoms with Crippen molar-refractivity contribution in [1.82, 2.24) is 29.1 Å². The first-order chi connectivity index (χ1) is 24.3. The highest BCUT2D eigenvalue weighted by atomic mass is 32.2. The molecule has 12 heteroatoms. The van der Waals surface area contributed by atoms with E-state index < -0.39 is 19.7 Å². The van der Waals surface area contributed by atoms with Gasteiger partial charge in [0.15, 0.2) is 10.1 Å². The minimum atomic E-state index is -4.10. The number of pyridine rings is 2. The van der Waals surface area contributed by atoms with Gasteiger partial charge in [-0.2, -0.15) is 0 Å². The first-order valence-corrected chi connectivity index (χ1v) is 18.5. The predicted molar refractivity (Wildman–Crippen MR) is 190 cm³/mol. The van der Waals surface area contributed by atoms with E-state index >= 15 is 0 Å². The van der Waals surface area contributed by atoms with E-state index in [2.05, 4.69) is 19.9 Å². The van der Waals surface area contributed by atoms with Crippen LogP contribution < -0.4 is 0 Å². The second-order valence-electron chi connectivity index (χ2n) is 11.7. The lowest BCUT2D eigenvalue weighted by Crippen LogP contribution is -2.09. The van der Waals surface area contributed by atoms with Gasteiger partial charge in [-0.25, -0.2) is 26.8 Å². The SMILES string of the molecule is O=S(=O)(c1ccc(-n2c3ccccc3c3ccncc32)cc1)c1cnc(S(=O)(=O)c2ccc(-n3c4ccccc4c4ccncc43)cc2)cn1. The molecule has 10 nitrogen and oxygen atoms in total. The summed E-state index contributed by atoms with van der Waals surface area (Å²) < 4.78 is 58.2. The van der Waals surface area contributed by atoms with Crippen LogP contribution in [0.1, 0.15) is 0 Å². The van der Waals surface area contributed by atoms with Gasteiger partial charge in [0, 0.05) is 45.3 Å². The average Bonchev–Trinajstić information content (AvgIpc) is 3.68. The van der Waals surface area contributed by atoms with Gasteiger partial charge >= 0.3 is 0 Å². The molecule has 0 atom stereocenters. The Morgan fingerprint density at radius 1 is 0.400 bits per heavy atom. The molecule has 0 spiro atoms. The molecular weight excluding hydrogens is 669 g/mol. The van der Waals surface area contributed by atoms with Gasteiger partial charge in [0.1, 0.15) is 0 Å². The number of aromatic nitrogens is 6. The molecular formula is C38H24N6O4S2. The zero-order valence-electron chi connectivity index (χ0n) is 26.0. The summed E-state index contributed by atoms with van der Waals surface area (Å²) >= 11 is 0. The first-order valence-electron chi connectivity index (χ1n) is 15.5. The monoisotopic (exact) mass is 692 g/mol. The van der Waals surface area contributed by atoms with E-state index in [9.17, 15) is 16.8 Å². The number of para-hydroxylation sites is 2. The third-order valence-electron chi connectivity index (χ3n) is 8.92. The molecule has 0 aliphatic heterocycles. The summed E-state index contributed by atoms with van der Waals surface area (Å²) in [7, 11) is -8.20. The molecule has 9 aromatic rings. The van der Waals surface area contributed by atoms with Crippen LogP contribution in [0, 0.1) is 0 Å². The van der Waals surface area contributed by atoms with Crippen molar-refractivity contribution in [2.24, 2.45) is 0 Å². The molecule has 0 N–H and O–H groups in total. The fraction of sp³-hybridized carbons (Fsp3) is 0. The Morgan fingerprint density at radius 2 is 0.780 bits per heavy atom. The van der Waals surface area contributed by atoms with E-state index in [-0.39, 0.29) is 19.8 Å². The maximum Gasteiger partial charge on any atom is 0.225 e. The number of fused-ring (bicyclic) bond motifs is 6. The lowest BCUT2D eigenvalue weighted by Gasteiger charge is -2.10. The van der Waals surface area contributed by atoms with Crippen molar-refractivity contribution >= 4 is 63.3 Å². The van der Waals surface area contributed by atoms with Crippen molar-refractivity contribution in [3.05, 3.63) is 146 Å². The fourth-order valence-electron chi connectivity index (χ4n) is 6.56. The third kappa shape index (κ3) is 4.53. The Bertz CT molecular complexity index is 2680. The van der Waals surface area contributed by atoms with Crippen molar-refractivity contribution in [1.29, 1.82) is 0 Å². The summed E-state index contributed by atoms with van der Waals surface area (Å²) in [4.78, 5) is 16.7. The lowest BCUT2D eigenvalue weighted by molar-refractivity contribution is 0.584. The molecule has 0 unspecified atom stereocenters.